The number of piperazine rings is 1. The van der Waals surface area contributed by atoms with Gasteiger partial charge in [0.25, 0.3) is 0 Å². The number of nitrogens with zero attached hydrogens (tertiary/aromatic N) is 3. The molecule has 1 aromatic heterocycles. The van der Waals surface area contributed by atoms with Gasteiger partial charge >= 0.3 is 0 Å². The van der Waals surface area contributed by atoms with Crippen LogP contribution in [-0.2, 0) is 12.8 Å². The van der Waals surface area contributed by atoms with Gasteiger partial charge in [-0.25, -0.2) is 0 Å². The molecule has 1 fully saturated rings. The summed E-state index contributed by atoms with van der Waals surface area (Å²) in [5.74, 6) is 0.549. The number of hydrogen-bond acceptors (Lipinski definition) is 3. The smallest absolute Gasteiger partial charge is 0.0589 e. The van der Waals surface area contributed by atoms with Crippen LogP contribution in [0.3, 0.4) is 0 Å². The van der Waals surface area contributed by atoms with Gasteiger partial charge in [0.1, 0.15) is 0 Å². The van der Waals surface area contributed by atoms with Gasteiger partial charge < -0.3 is 9.80 Å². The molecule has 0 saturated carbocycles. The average molecular weight is 259 g/mol. The Bertz CT molecular complexity index is 459. The summed E-state index contributed by atoms with van der Waals surface area (Å²) in [5.41, 5.74) is 5.92. The molecule has 1 aromatic rings. The summed E-state index contributed by atoms with van der Waals surface area (Å²) in [7, 11) is 2.21. The van der Waals surface area contributed by atoms with E-state index in [9.17, 15) is 0 Å². The van der Waals surface area contributed by atoms with Crippen molar-refractivity contribution in [1.82, 2.24) is 9.88 Å². The van der Waals surface area contributed by atoms with Gasteiger partial charge in [-0.1, -0.05) is 13.8 Å². The summed E-state index contributed by atoms with van der Waals surface area (Å²) >= 11 is 0. The Morgan fingerprint density at radius 3 is 2.42 bits per heavy atom. The maximum Gasteiger partial charge on any atom is 0.0589 e. The number of likely N-dealkylation sites (N-methyl/N-ethyl adjacent to an activating group) is 1. The molecule has 0 atom stereocenters. The van der Waals surface area contributed by atoms with E-state index in [0.29, 0.717) is 5.92 Å². The van der Waals surface area contributed by atoms with Gasteiger partial charge in [0.2, 0.25) is 0 Å². The minimum absolute atomic E-state index is 0.549. The van der Waals surface area contributed by atoms with E-state index in [1.54, 1.807) is 11.1 Å². The Balaban J connectivity index is 1.93. The first kappa shape index (κ1) is 12.9. The van der Waals surface area contributed by atoms with Gasteiger partial charge in [-0.3, -0.25) is 4.98 Å². The van der Waals surface area contributed by atoms with Crippen LogP contribution in [0.1, 0.15) is 43.0 Å². The highest BCUT2D eigenvalue weighted by Crippen LogP contribution is 2.35. The molecule has 3 rings (SSSR count). The van der Waals surface area contributed by atoms with Crippen molar-refractivity contribution in [2.45, 2.75) is 39.0 Å². The highest BCUT2D eigenvalue weighted by molar-refractivity contribution is 5.58. The second-order valence-corrected chi connectivity index (χ2v) is 6.28. The fourth-order valence-corrected chi connectivity index (χ4v) is 3.41. The third kappa shape index (κ3) is 2.36. The third-order valence-corrected chi connectivity index (χ3v) is 4.55. The molecule has 19 heavy (non-hydrogen) atoms. The van der Waals surface area contributed by atoms with Gasteiger partial charge in [-0.15, -0.1) is 0 Å². The van der Waals surface area contributed by atoms with Crippen molar-refractivity contribution in [2.75, 3.05) is 38.1 Å². The molecule has 2 aliphatic rings. The zero-order valence-electron chi connectivity index (χ0n) is 12.4. The lowest BCUT2D eigenvalue weighted by Crippen LogP contribution is -2.44. The second kappa shape index (κ2) is 5.12. The first-order valence-electron chi connectivity index (χ1n) is 7.61. The maximum absolute atomic E-state index is 4.79. The monoisotopic (exact) mass is 259 g/mol. The van der Waals surface area contributed by atoms with Gasteiger partial charge in [0, 0.05) is 31.9 Å². The molecule has 0 bridgehead atoms. The molecule has 0 spiro atoms. The largest absolute Gasteiger partial charge is 0.367 e. The van der Waals surface area contributed by atoms with E-state index in [2.05, 4.69) is 36.9 Å². The van der Waals surface area contributed by atoms with Crippen molar-refractivity contribution in [1.29, 1.82) is 0 Å². The highest BCUT2D eigenvalue weighted by atomic mass is 15.2. The summed E-state index contributed by atoms with van der Waals surface area (Å²) in [6, 6.07) is 0. The molecule has 0 aromatic carbocycles. The lowest BCUT2D eigenvalue weighted by molar-refractivity contribution is 0.312. The van der Waals surface area contributed by atoms with Gasteiger partial charge in [0.15, 0.2) is 0 Å². The van der Waals surface area contributed by atoms with Crippen LogP contribution in [0.25, 0.3) is 0 Å². The second-order valence-electron chi connectivity index (χ2n) is 6.28. The van der Waals surface area contributed by atoms with E-state index in [0.717, 1.165) is 13.1 Å². The molecular formula is C16H25N3. The van der Waals surface area contributed by atoms with E-state index < -0.39 is 0 Å². The zero-order valence-corrected chi connectivity index (χ0v) is 12.4. The summed E-state index contributed by atoms with van der Waals surface area (Å²) in [6.07, 6.45) is 5.93. The zero-order chi connectivity index (χ0) is 13.4. The van der Waals surface area contributed by atoms with Crippen LogP contribution in [0, 0.1) is 0 Å². The quantitative estimate of drug-likeness (QED) is 0.813. The third-order valence-electron chi connectivity index (χ3n) is 4.55. The highest BCUT2D eigenvalue weighted by Gasteiger charge is 2.25. The molecule has 1 aliphatic carbocycles. The lowest BCUT2D eigenvalue weighted by atomic mass is 9.99. The first-order chi connectivity index (χ1) is 9.16. The molecular weight excluding hydrogens is 234 g/mol. The topological polar surface area (TPSA) is 19.4 Å². The molecule has 1 aliphatic heterocycles. The Morgan fingerprint density at radius 1 is 1.05 bits per heavy atom. The lowest BCUT2D eigenvalue weighted by Gasteiger charge is -2.35. The predicted octanol–water partition coefficient (Wildman–Crippen LogP) is 2.45. The molecule has 104 valence electrons. The Morgan fingerprint density at radius 2 is 1.74 bits per heavy atom. The van der Waals surface area contributed by atoms with Gasteiger partial charge in [0.05, 0.1) is 11.9 Å². The van der Waals surface area contributed by atoms with Gasteiger partial charge in [-0.2, -0.15) is 0 Å². The van der Waals surface area contributed by atoms with Crippen molar-refractivity contribution in [3.8, 4) is 0 Å². The number of hydrogen-bond donors (Lipinski definition) is 0. The minimum atomic E-state index is 0.549. The summed E-state index contributed by atoms with van der Waals surface area (Å²) in [6.45, 7) is 9.14. The first-order valence-corrected chi connectivity index (χ1v) is 7.61. The van der Waals surface area contributed by atoms with Crippen molar-refractivity contribution >= 4 is 5.69 Å². The fourth-order valence-electron chi connectivity index (χ4n) is 3.41. The van der Waals surface area contributed by atoms with Crippen LogP contribution in [0.2, 0.25) is 0 Å². The normalized spacial score (nSPS) is 20.1. The van der Waals surface area contributed by atoms with Crippen LogP contribution < -0.4 is 4.90 Å². The van der Waals surface area contributed by atoms with Crippen LogP contribution in [-0.4, -0.2) is 43.1 Å². The van der Waals surface area contributed by atoms with Crippen LogP contribution in [0.15, 0.2) is 6.20 Å². The van der Waals surface area contributed by atoms with Crippen molar-refractivity contribution in [2.24, 2.45) is 0 Å². The standard InChI is InChI=1S/C16H25N3/c1-12(2)16-14-6-4-5-13(14)15(11-17-16)19-9-7-18(3)8-10-19/h11-12H,4-10H2,1-3H3. The van der Waals surface area contributed by atoms with Crippen LogP contribution >= 0.6 is 0 Å². The van der Waals surface area contributed by atoms with Gasteiger partial charge in [-0.05, 0) is 43.4 Å². The van der Waals surface area contributed by atoms with Crippen molar-refractivity contribution < 1.29 is 0 Å². The number of pyridine rings is 1. The van der Waals surface area contributed by atoms with Crippen LogP contribution in [0.5, 0.6) is 0 Å². The summed E-state index contributed by atoms with van der Waals surface area (Å²) < 4.78 is 0. The average Bonchev–Trinajstić information content (AvgIpc) is 2.87. The SMILES string of the molecule is CC(C)c1ncc(N2CCN(C)CC2)c2c1CCC2. The molecule has 0 unspecified atom stereocenters. The molecule has 3 nitrogen and oxygen atoms in total. The van der Waals surface area contributed by atoms with Crippen molar-refractivity contribution in [3.63, 3.8) is 0 Å². The number of rotatable bonds is 2. The van der Waals surface area contributed by atoms with E-state index in [1.165, 1.54) is 43.7 Å². The Kier molecular flexibility index (Phi) is 3.48. The number of fused-ring (bicyclic) bond motifs is 1. The summed E-state index contributed by atoms with van der Waals surface area (Å²) in [4.78, 5) is 9.74. The summed E-state index contributed by atoms with van der Waals surface area (Å²) in [5, 5.41) is 0. The van der Waals surface area contributed by atoms with E-state index >= 15 is 0 Å². The fraction of sp³-hybridized carbons (Fsp3) is 0.688. The van der Waals surface area contributed by atoms with Crippen LogP contribution in [0.4, 0.5) is 5.69 Å². The molecule has 3 heteroatoms. The minimum Gasteiger partial charge on any atom is -0.367 e. The van der Waals surface area contributed by atoms with E-state index in [1.807, 2.05) is 0 Å². The number of aromatic nitrogens is 1. The molecule has 1 saturated heterocycles. The Labute approximate surface area is 116 Å². The van der Waals surface area contributed by atoms with E-state index in [4.69, 9.17) is 4.98 Å². The Hall–Kier alpha value is -1.09. The number of anilines is 1. The predicted molar refractivity (Wildman–Crippen MR) is 80.1 cm³/mol. The molecule has 0 amide bonds. The maximum atomic E-state index is 4.79. The molecule has 0 radical (unpaired) electrons. The molecule has 0 N–H and O–H groups in total. The van der Waals surface area contributed by atoms with E-state index in [-0.39, 0.29) is 0 Å². The molecule has 2 heterocycles. The van der Waals surface area contributed by atoms with Crippen molar-refractivity contribution in [3.05, 3.63) is 23.0 Å².